The van der Waals surface area contributed by atoms with Crippen LogP contribution in [0.2, 0.25) is 10.0 Å². The fourth-order valence-electron chi connectivity index (χ4n) is 3.34. The van der Waals surface area contributed by atoms with Gasteiger partial charge in [0.15, 0.2) is 0 Å². The van der Waals surface area contributed by atoms with Gasteiger partial charge >= 0.3 is 0 Å². The quantitative estimate of drug-likeness (QED) is 0.608. The second-order valence-corrected chi connectivity index (χ2v) is 7.81. The monoisotopic (exact) mass is 435 g/mol. The first-order valence-electron chi connectivity index (χ1n) is 9.14. The number of aliphatic hydroxyl groups is 1. The molecule has 0 saturated carbocycles. The van der Waals surface area contributed by atoms with E-state index in [4.69, 9.17) is 29.6 Å². The Morgan fingerprint density at radius 1 is 1.00 bits per heavy atom. The fraction of sp³-hybridized carbons (Fsp3) is 0.304. The van der Waals surface area contributed by atoms with Crippen LogP contribution in [0.25, 0.3) is 5.57 Å². The lowest BCUT2D eigenvalue weighted by molar-refractivity contribution is 0.0279. The predicted molar refractivity (Wildman–Crippen MR) is 121 cm³/mol. The first kappa shape index (κ1) is 22.8. The molecule has 1 N–H and O–H groups in total. The number of benzene rings is 2. The summed E-state index contributed by atoms with van der Waals surface area (Å²) in [5.74, 6) is 2.52. The van der Waals surface area contributed by atoms with Crippen LogP contribution in [0.1, 0.15) is 30.4 Å². The summed E-state index contributed by atoms with van der Waals surface area (Å²) in [5.41, 5.74) is 2.49. The fourth-order valence-corrected chi connectivity index (χ4v) is 3.60. The van der Waals surface area contributed by atoms with Gasteiger partial charge < -0.3 is 10.0 Å². The molecular formula is C23H24Cl3NO. The molecule has 0 spiro atoms. The molecular weight excluding hydrogens is 413 g/mol. The summed E-state index contributed by atoms with van der Waals surface area (Å²) in [6, 6.07) is 15.8. The maximum Gasteiger partial charge on any atom is 0.127 e. The van der Waals surface area contributed by atoms with Gasteiger partial charge in [-0.2, -0.15) is 0 Å². The molecule has 1 aliphatic rings. The summed E-state index contributed by atoms with van der Waals surface area (Å²) in [6.45, 7) is 2.59. The molecule has 2 nitrogen and oxygen atoms in total. The lowest BCUT2D eigenvalue weighted by atomic mass is 9.92. The maximum absolute atomic E-state index is 10.2. The smallest absolute Gasteiger partial charge is 0.127 e. The molecule has 1 heterocycles. The van der Waals surface area contributed by atoms with Crippen molar-refractivity contribution in [3.05, 3.63) is 75.8 Å². The Bertz CT molecular complexity index is 782. The lowest BCUT2D eigenvalue weighted by Crippen LogP contribution is -2.43. The lowest BCUT2D eigenvalue weighted by Gasteiger charge is -2.34. The second-order valence-electron chi connectivity index (χ2n) is 6.94. The van der Waals surface area contributed by atoms with E-state index < -0.39 is 5.60 Å². The number of likely N-dealkylation sites (tertiary alicyclic amines) is 1. The third-order valence-corrected chi connectivity index (χ3v) is 5.56. The zero-order valence-electron chi connectivity index (χ0n) is 15.6. The highest BCUT2D eigenvalue weighted by Gasteiger charge is 2.29. The minimum atomic E-state index is -0.926. The SMILES string of the molecule is C#CC1(O)CCN(CCC=C(c2ccc(Cl)cc2)c2ccc(Cl)cc2)CC1.Cl. The molecule has 2 aromatic carbocycles. The normalized spacial score (nSPS) is 15.9. The minimum absolute atomic E-state index is 0. The van der Waals surface area contributed by atoms with Crippen LogP contribution in [-0.4, -0.2) is 35.2 Å². The number of piperidine rings is 1. The van der Waals surface area contributed by atoms with Crippen molar-refractivity contribution in [1.29, 1.82) is 0 Å². The Balaban J connectivity index is 0.00000280. The van der Waals surface area contributed by atoms with Crippen LogP contribution in [0.5, 0.6) is 0 Å². The van der Waals surface area contributed by atoms with Crippen LogP contribution in [0.4, 0.5) is 0 Å². The molecule has 2 aromatic rings. The zero-order valence-corrected chi connectivity index (χ0v) is 17.9. The topological polar surface area (TPSA) is 23.5 Å². The molecule has 1 aliphatic heterocycles. The van der Waals surface area contributed by atoms with E-state index in [1.54, 1.807) is 0 Å². The zero-order chi connectivity index (χ0) is 19.3. The Morgan fingerprint density at radius 3 is 1.89 bits per heavy atom. The van der Waals surface area contributed by atoms with E-state index in [1.807, 2.05) is 48.5 Å². The first-order valence-corrected chi connectivity index (χ1v) is 9.89. The third kappa shape index (κ3) is 6.01. The number of hydrogen-bond donors (Lipinski definition) is 1. The summed E-state index contributed by atoms with van der Waals surface area (Å²) in [7, 11) is 0. The largest absolute Gasteiger partial charge is 0.378 e. The third-order valence-electron chi connectivity index (χ3n) is 5.06. The minimum Gasteiger partial charge on any atom is -0.378 e. The molecule has 0 bridgehead atoms. The average Bonchev–Trinajstić information content (AvgIpc) is 2.69. The van der Waals surface area contributed by atoms with Crippen LogP contribution < -0.4 is 0 Å². The van der Waals surface area contributed by atoms with Gasteiger partial charge in [-0.15, -0.1) is 18.8 Å². The summed E-state index contributed by atoms with van der Waals surface area (Å²) in [6.07, 6.45) is 9.86. The molecule has 28 heavy (non-hydrogen) atoms. The summed E-state index contributed by atoms with van der Waals surface area (Å²) in [4.78, 5) is 2.35. The van der Waals surface area contributed by atoms with E-state index >= 15 is 0 Å². The van der Waals surface area contributed by atoms with Gasteiger partial charge in [0, 0.05) is 42.5 Å². The molecule has 0 atom stereocenters. The Morgan fingerprint density at radius 2 is 1.46 bits per heavy atom. The number of hydrogen-bond acceptors (Lipinski definition) is 2. The highest BCUT2D eigenvalue weighted by Crippen LogP contribution is 2.27. The van der Waals surface area contributed by atoms with Gasteiger partial charge in [0.1, 0.15) is 5.60 Å². The summed E-state index contributed by atoms with van der Waals surface area (Å²) < 4.78 is 0. The van der Waals surface area contributed by atoms with Crippen molar-refractivity contribution in [2.45, 2.75) is 24.9 Å². The number of rotatable bonds is 5. The Labute approximate surface area is 183 Å². The van der Waals surface area contributed by atoms with E-state index in [0.717, 1.165) is 47.2 Å². The standard InChI is InChI=1S/C23H23Cl2NO.ClH/c1-2-23(27)13-16-26(17-14-23)15-3-4-22(18-5-9-20(24)10-6-18)19-7-11-21(25)12-8-19;/h1,4-12,27H,3,13-17H2;1H. The molecule has 1 fully saturated rings. The highest BCUT2D eigenvalue weighted by atomic mass is 35.5. The van der Waals surface area contributed by atoms with Gasteiger partial charge in [-0.3, -0.25) is 0 Å². The van der Waals surface area contributed by atoms with E-state index in [-0.39, 0.29) is 12.4 Å². The van der Waals surface area contributed by atoms with Crippen molar-refractivity contribution in [3.8, 4) is 12.3 Å². The molecule has 5 heteroatoms. The van der Waals surface area contributed by atoms with Crippen molar-refractivity contribution < 1.29 is 5.11 Å². The van der Waals surface area contributed by atoms with Crippen molar-refractivity contribution in [1.82, 2.24) is 4.90 Å². The van der Waals surface area contributed by atoms with Gasteiger partial charge in [-0.1, -0.05) is 59.5 Å². The van der Waals surface area contributed by atoms with Crippen LogP contribution in [0.15, 0.2) is 54.6 Å². The maximum atomic E-state index is 10.2. The number of halogens is 3. The van der Waals surface area contributed by atoms with Crippen LogP contribution in [-0.2, 0) is 0 Å². The highest BCUT2D eigenvalue weighted by molar-refractivity contribution is 6.31. The Kier molecular flexibility index (Phi) is 8.43. The van der Waals surface area contributed by atoms with Gasteiger partial charge in [0.2, 0.25) is 0 Å². The van der Waals surface area contributed by atoms with Crippen molar-refractivity contribution in [3.63, 3.8) is 0 Å². The van der Waals surface area contributed by atoms with Gasteiger partial charge in [-0.05, 0) is 47.4 Å². The van der Waals surface area contributed by atoms with Crippen molar-refractivity contribution in [2.75, 3.05) is 19.6 Å². The predicted octanol–water partition coefficient (Wildman–Crippen LogP) is 5.70. The van der Waals surface area contributed by atoms with Crippen molar-refractivity contribution >= 4 is 41.2 Å². The van der Waals surface area contributed by atoms with Gasteiger partial charge in [0.25, 0.3) is 0 Å². The van der Waals surface area contributed by atoms with Crippen LogP contribution >= 0.6 is 35.6 Å². The van der Waals surface area contributed by atoms with Crippen LogP contribution in [0, 0.1) is 12.3 Å². The first-order chi connectivity index (χ1) is 13.0. The van der Waals surface area contributed by atoms with Crippen molar-refractivity contribution in [2.24, 2.45) is 0 Å². The average molecular weight is 437 g/mol. The van der Waals surface area contributed by atoms with E-state index in [0.29, 0.717) is 12.8 Å². The number of nitrogens with zero attached hydrogens (tertiary/aromatic N) is 1. The summed E-state index contributed by atoms with van der Waals surface area (Å²) in [5, 5.41) is 11.6. The van der Waals surface area contributed by atoms with E-state index in [9.17, 15) is 5.11 Å². The molecule has 148 valence electrons. The van der Waals surface area contributed by atoms with Gasteiger partial charge in [-0.25, -0.2) is 0 Å². The molecule has 0 radical (unpaired) electrons. The van der Waals surface area contributed by atoms with Crippen LogP contribution in [0.3, 0.4) is 0 Å². The number of terminal acetylenes is 1. The van der Waals surface area contributed by atoms with Gasteiger partial charge in [0.05, 0.1) is 0 Å². The summed E-state index contributed by atoms with van der Waals surface area (Å²) >= 11 is 12.1. The van der Waals surface area contributed by atoms with E-state index in [2.05, 4.69) is 16.9 Å². The molecule has 0 aromatic heterocycles. The second kappa shape index (κ2) is 10.3. The molecule has 1 saturated heterocycles. The molecule has 0 amide bonds. The Hall–Kier alpha value is -1.47. The molecule has 0 aliphatic carbocycles. The van der Waals surface area contributed by atoms with E-state index in [1.165, 1.54) is 5.57 Å². The molecule has 0 unspecified atom stereocenters. The molecule has 3 rings (SSSR count).